The first-order valence-corrected chi connectivity index (χ1v) is 6.50. The maximum Gasteiger partial charge on any atom is 0.323 e. The molecule has 5 heteroatoms. The minimum Gasteiger partial charge on any atom is -0.480 e. The molecule has 1 heterocycles. The Kier molecular flexibility index (Phi) is 4.52. The van der Waals surface area contributed by atoms with Crippen molar-refractivity contribution in [2.75, 3.05) is 18.0 Å². The summed E-state index contributed by atoms with van der Waals surface area (Å²) in [5.74, 6) is -1.17. The first-order chi connectivity index (χ1) is 9.18. The van der Waals surface area contributed by atoms with Gasteiger partial charge < -0.3 is 10.4 Å². The molecular weight excluding hydrogens is 244 g/mol. The van der Waals surface area contributed by atoms with E-state index in [2.05, 4.69) is 5.32 Å². The SMILES string of the molecule is O=C(O)CN(C(=O)[C@@H]1CCCCN1)c1ccccc1. The van der Waals surface area contributed by atoms with Crippen LogP contribution in [0.2, 0.25) is 0 Å². The molecule has 19 heavy (non-hydrogen) atoms. The first-order valence-electron chi connectivity index (χ1n) is 6.50. The Morgan fingerprint density at radius 3 is 2.58 bits per heavy atom. The van der Waals surface area contributed by atoms with Crippen molar-refractivity contribution < 1.29 is 14.7 Å². The van der Waals surface area contributed by atoms with Crippen molar-refractivity contribution in [2.24, 2.45) is 0 Å². The van der Waals surface area contributed by atoms with Gasteiger partial charge in [-0.25, -0.2) is 0 Å². The molecule has 1 aromatic rings. The van der Waals surface area contributed by atoms with Crippen LogP contribution in [0.1, 0.15) is 19.3 Å². The fourth-order valence-corrected chi connectivity index (χ4v) is 2.29. The van der Waals surface area contributed by atoms with E-state index in [1.807, 2.05) is 6.07 Å². The highest BCUT2D eigenvalue weighted by Gasteiger charge is 2.27. The Labute approximate surface area is 112 Å². The minimum absolute atomic E-state index is 0.159. The average molecular weight is 262 g/mol. The van der Waals surface area contributed by atoms with Gasteiger partial charge in [-0.05, 0) is 31.5 Å². The summed E-state index contributed by atoms with van der Waals surface area (Å²) in [7, 11) is 0. The van der Waals surface area contributed by atoms with Gasteiger partial charge in [0.15, 0.2) is 0 Å². The van der Waals surface area contributed by atoms with Crippen molar-refractivity contribution in [3.8, 4) is 0 Å². The monoisotopic (exact) mass is 262 g/mol. The largest absolute Gasteiger partial charge is 0.480 e. The van der Waals surface area contributed by atoms with Gasteiger partial charge in [0.1, 0.15) is 6.54 Å². The molecule has 102 valence electrons. The van der Waals surface area contributed by atoms with E-state index in [-0.39, 0.29) is 18.5 Å². The zero-order valence-corrected chi connectivity index (χ0v) is 10.7. The number of para-hydroxylation sites is 1. The highest BCUT2D eigenvalue weighted by Crippen LogP contribution is 2.17. The molecule has 0 aliphatic carbocycles. The van der Waals surface area contributed by atoms with Crippen LogP contribution in [-0.2, 0) is 9.59 Å². The lowest BCUT2D eigenvalue weighted by atomic mass is 10.0. The molecule has 0 radical (unpaired) electrons. The normalized spacial score (nSPS) is 18.8. The molecule has 0 saturated carbocycles. The van der Waals surface area contributed by atoms with Crippen molar-refractivity contribution in [1.82, 2.24) is 5.32 Å². The number of rotatable bonds is 4. The number of nitrogens with zero attached hydrogens (tertiary/aromatic N) is 1. The number of piperidine rings is 1. The standard InChI is InChI=1S/C14H18N2O3/c17-13(18)10-16(11-6-2-1-3-7-11)14(19)12-8-4-5-9-15-12/h1-3,6-7,12,15H,4-5,8-10H2,(H,17,18)/t12-/m0/s1. The molecule has 1 aromatic carbocycles. The summed E-state index contributed by atoms with van der Waals surface area (Å²) in [6.07, 6.45) is 2.83. The number of hydrogen-bond donors (Lipinski definition) is 2. The van der Waals surface area contributed by atoms with Gasteiger partial charge in [-0.3, -0.25) is 14.5 Å². The molecule has 1 fully saturated rings. The number of hydrogen-bond acceptors (Lipinski definition) is 3. The van der Waals surface area contributed by atoms with Crippen LogP contribution >= 0.6 is 0 Å². The van der Waals surface area contributed by atoms with Crippen LogP contribution in [0, 0.1) is 0 Å². The van der Waals surface area contributed by atoms with E-state index in [1.165, 1.54) is 4.90 Å². The van der Waals surface area contributed by atoms with Crippen molar-refractivity contribution in [3.05, 3.63) is 30.3 Å². The molecule has 1 aliphatic rings. The van der Waals surface area contributed by atoms with Crippen LogP contribution in [0.15, 0.2) is 30.3 Å². The number of benzene rings is 1. The summed E-state index contributed by atoms with van der Waals surface area (Å²) in [5, 5.41) is 12.1. The zero-order valence-electron chi connectivity index (χ0n) is 10.7. The predicted molar refractivity (Wildman–Crippen MR) is 72.1 cm³/mol. The van der Waals surface area contributed by atoms with Gasteiger partial charge in [0.2, 0.25) is 5.91 Å². The summed E-state index contributed by atoms with van der Waals surface area (Å²) in [6.45, 7) is 0.507. The molecule has 1 atom stereocenters. The smallest absolute Gasteiger partial charge is 0.323 e. The lowest BCUT2D eigenvalue weighted by Crippen LogP contribution is -2.50. The molecule has 1 aliphatic heterocycles. The summed E-state index contributed by atoms with van der Waals surface area (Å²) < 4.78 is 0. The summed E-state index contributed by atoms with van der Waals surface area (Å²) >= 11 is 0. The minimum atomic E-state index is -1.01. The van der Waals surface area contributed by atoms with Crippen molar-refractivity contribution in [1.29, 1.82) is 0 Å². The molecule has 2 N–H and O–H groups in total. The summed E-state index contributed by atoms with van der Waals surface area (Å²) in [4.78, 5) is 24.7. The van der Waals surface area contributed by atoms with E-state index < -0.39 is 5.97 Å². The number of carbonyl (C=O) groups is 2. The van der Waals surface area contributed by atoms with E-state index in [1.54, 1.807) is 24.3 Å². The molecule has 0 unspecified atom stereocenters. The molecular formula is C14H18N2O3. The number of amides is 1. The number of carboxylic acids is 1. The summed E-state index contributed by atoms with van der Waals surface area (Å²) in [6, 6.07) is 8.67. The van der Waals surface area contributed by atoms with Gasteiger partial charge in [-0.15, -0.1) is 0 Å². The van der Waals surface area contributed by atoms with Crippen molar-refractivity contribution >= 4 is 17.6 Å². The number of carbonyl (C=O) groups excluding carboxylic acids is 1. The Morgan fingerprint density at radius 2 is 2.00 bits per heavy atom. The van der Waals surface area contributed by atoms with Crippen LogP contribution in [0.5, 0.6) is 0 Å². The second-order valence-corrected chi connectivity index (χ2v) is 4.66. The third-order valence-corrected chi connectivity index (χ3v) is 3.24. The summed E-state index contributed by atoms with van der Waals surface area (Å²) in [5.41, 5.74) is 0.627. The first kappa shape index (κ1) is 13.5. The van der Waals surface area contributed by atoms with Crippen LogP contribution < -0.4 is 10.2 Å². The van der Waals surface area contributed by atoms with Crippen LogP contribution in [-0.4, -0.2) is 36.1 Å². The van der Waals surface area contributed by atoms with Crippen LogP contribution in [0.4, 0.5) is 5.69 Å². The van der Waals surface area contributed by atoms with Crippen LogP contribution in [0.25, 0.3) is 0 Å². The molecule has 0 aromatic heterocycles. The Hall–Kier alpha value is -1.88. The Morgan fingerprint density at radius 1 is 1.26 bits per heavy atom. The fourth-order valence-electron chi connectivity index (χ4n) is 2.29. The highest BCUT2D eigenvalue weighted by atomic mass is 16.4. The maximum atomic E-state index is 12.4. The molecule has 0 spiro atoms. The zero-order chi connectivity index (χ0) is 13.7. The average Bonchev–Trinajstić information content (AvgIpc) is 2.46. The fraction of sp³-hybridized carbons (Fsp3) is 0.429. The van der Waals surface area contributed by atoms with Crippen molar-refractivity contribution in [3.63, 3.8) is 0 Å². The van der Waals surface area contributed by atoms with Gasteiger partial charge in [0, 0.05) is 5.69 Å². The topological polar surface area (TPSA) is 69.6 Å². The highest BCUT2D eigenvalue weighted by molar-refractivity contribution is 6.00. The molecule has 1 amide bonds. The quantitative estimate of drug-likeness (QED) is 0.856. The number of aliphatic carboxylic acids is 1. The maximum absolute atomic E-state index is 12.4. The van der Waals surface area contributed by atoms with E-state index in [0.717, 1.165) is 25.8 Å². The van der Waals surface area contributed by atoms with Gasteiger partial charge in [0.05, 0.1) is 6.04 Å². The molecule has 1 saturated heterocycles. The van der Waals surface area contributed by atoms with Gasteiger partial charge in [0.25, 0.3) is 0 Å². The third-order valence-electron chi connectivity index (χ3n) is 3.24. The predicted octanol–water partition coefficient (Wildman–Crippen LogP) is 1.25. The van der Waals surface area contributed by atoms with Crippen molar-refractivity contribution in [2.45, 2.75) is 25.3 Å². The van der Waals surface area contributed by atoms with Gasteiger partial charge in [-0.2, -0.15) is 0 Å². The molecule has 0 bridgehead atoms. The third kappa shape index (κ3) is 3.54. The van der Waals surface area contributed by atoms with E-state index >= 15 is 0 Å². The molecule has 2 rings (SSSR count). The van der Waals surface area contributed by atoms with E-state index in [0.29, 0.717) is 5.69 Å². The van der Waals surface area contributed by atoms with E-state index in [9.17, 15) is 9.59 Å². The number of carboxylic acid groups (broad SMARTS) is 1. The second-order valence-electron chi connectivity index (χ2n) is 4.66. The number of nitrogens with one attached hydrogen (secondary N) is 1. The van der Waals surface area contributed by atoms with Crippen LogP contribution in [0.3, 0.4) is 0 Å². The second kappa shape index (κ2) is 6.33. The number of anilines is 1. The Balaban J connectivity index is 2.17. The van der Waals surface area contributed by atoms with E-state index in [4.69, 9.17) is 5.11 Å². The van der Waals surface area contributed by atoms with Gasteiger partial charge >= 0.3 is 5.97 Å². The lowest BCUT2D eigenvalue weighted by molar-refractivity contribution is -0.137. The Bertz CT molecular complexity index is 441. The van der Waals surface area contributed by atoms with Gasteiger partial charge in [-0.1, -0.05) is 24.6 Å². The molecule has 5 nitrogen and oxygen atoms in total. The lowest BCUT2D eigenvalue weighted by Gasteiger charge is -2.29.